The topological polar surface area (TPSA) is 54.5 Å². The minimum atomic E-state index is -3.63. The Kier molecular flexibility index (Phi) is 1.71. The van der Waals surface area contributed by atoms with Crippen LogP contribution in [0.25, 0.3) is 0 Å². The molecule has 0 N–H and O–H groups in total. The molecule has 0 fully saturated rings. The quantitative estimate of drug-likeness (QED) is 0.659. The van der Waals surface area contributed by atoms with Crippen molar-refractivity contribution < 1.29 is 13.2 Å². The van der Waals surface area contributed by atoms with Crippen LogP contribution in [-0.2, 0) is 10.0 Å². The first-order chi connectivity index (χ1) is 6.05. The van der Waals surface area contributed by atoms with E-state index < -0.39 is 15.9 Å². The van der Waals surface area contributed by atoms with Gasteiger partial charge in [-0.05, 0) is 12.1 Å². The number of hydrogen-bond donors (Lipinski definition) is 0. The molecule has 6 heteroatoms. The summed E-state index contributed by atoms with van der Waals surface area (Å²) in [6.07, 6.45) is 0. The van der Waals surface area contributed by atoms with Crippen molar-refractivity contribution in [2.24, 2.45) is 0 Å². The zero-order valence-corrected chi connectivity index (χ0v) is 8.67. The summed E-state index contributed by atoms with van der Waals surface area (Å²) in [4.78, 5) is 11.4. The largest absolute Gasteiger partial charge is 0.279 e. The van der Waals surface area contributed by atoms with Crippen LogP contribution in [0.4, 0.5) is 0 Å². The second-order valence-corrected chi connectivity index (χ2v) is 5.46. The molecule has 1 amide bonds. The van der Waals surface area contributed by atoms with Crippen LogP contribution in [0.3, 0.4) is 0 Å². The zero-order chi connectivity index (χ0) is 9.64. The molecule has 1 aliphatic rings. The number of nitrogens with zero attached hydrogens (tertiary/aromatic N) is 1. The molecular formula is C7H4BrNO3S. The van der Waals surface area contributed by atoms with Crippen LogP contribution in [0, 0.1) is 0 Å². The predicted molar refractivity (Wildman–Crippen MR) is 48.7 cm³/mol. The first-order valence-electron chi connectivity index (χ1n) is 3.39. The minimum Gasteiger partial charge on any atom is -0.267 e. The monoisotopic (exact) mass is 261 g/mol. The highest BCUT2D eigenvalue weighted by Gasteiger charge is 2.39. The van der Waals surface area contributed by atoms with Gasteiger partial charge < -0.3 is 0 Å². The molecule has 0 radical (unpaired) electrons. The van der Waals surface area contributed by atoms with Crippen LogP contribution in [0.1, 0.15) is 10.4 Å². The van der Waals surface area contributed by atoms with E-state index in [4.69, 9.17) is 0 Å². The van der Waals surface area contributed by atoms with Crippen molar-refractivity contribution in [3.05, 3.63) is 29.8 Å². The molecule has 0 unspecified atom stereocenters. The van der Waals surface area contributed by atoms with Gasteiger partial charge in [0, 0.05) is 0 Å². The SMILES string of the molecule is O=C1c2ccccc2S(=O)(=O)N1Br. The third kappa shape index (κ3) is 1.02. The summed E-state index contributed by atoms with van der Waals surface area (Å²) in [5.74, 6) is -0.546. The lowest BCUT2D eigenvalue weighted by Crippen LogP contribution is -2.18. The molecular weight excluding hydrogens is 258 g/mol. The van der Waals surface area contributed by atoms with Gasteiger partial charge in [0.15, 0.2) is 0 Å². The first kappa shape index (κ1) is 8.71. The average Bonchev–Trinajstić information content (AvgIpc) is 2.30. The van der Waals surface area contributed by atoms with E-state index >= 15 is 0 Å². The number of halogens is 1. The zero-order valence-electron chi connectivity index (χ0n) is 6.27. The van der Waals surface area contributed by atoms with Gasteiger partial charge in [0.25, 0.3) is 15.9 Å². The molecule has 1 heterocycles. The molecule has 1 aliphatic heterocycles. The molecule has 0 atom stereocenters. The molecule has 1 aromatic rings. The van der Waals surface area contributed by atoms with Crippen molar-refractivity contribution in [2.45, 2.75) is 4.90 Å². The van der Waals surface area contributed by atoms with Gasteiger partial charge >= 0.3 is 0 Å². The maximum atomic E-state index is 11.5. The Morgan fingerprint density at radius 3 is 2.46 bits per heavy atom. The minimum absolute atomic E-state index is 0.0527. The highest BCUT2D eigenvalue weighted by molar-refractivity contribution is 9.09. The van der Waals surface area contributed by atoms with Crippen molar-refractivity contribution >= 4 is 32.1 Å². The van der Waals surface area contributed by atoms with Gasteiger partial charge in [-0.15, -0.1) is 0 Å². The number of rotatable bonds is 0. The van der Waals surface area contributed by atoms with Crippen LogP contribution in [0.5, 0.6) is 0 Å². The second kappa shape index (κ2) is 2.55. The van der Waals surface area contributed by atoms with Gasteiger partial charge in [0.2, 0.25) is 0 Å². The fourth-order valence-electron chi connectivity index (χ4n) is 1.16. The molecule has 2 rings (SSSR count). The van der Waals surface area contributed by atoms with Crippen LogP contribution in [0.15, 0.2) is 29.2 Å². The van der Waals surface area contributed by atoms with Gasteiger partial charge in [-0.1, -0.05) is 12.1 Å². The van der Waals surface area contributed by atoms with Crippen molar-refractivity contribution in [3.63, 3.8) is 0 Å². The van der Waals surface area contributed by atoms with E-state index in [-0.39, 0.29) is 10.5 Å². The van der Waals surface area contributed by atoms with Crippen molar-refractivity contribution in [1.29, 1.82) is 0 Å². The van der Waals surface area contributed by atoms with Gasteiger partial charge in [0.1, 0.15) is 4.90 Å². The van der Waals surface area contributed by atoms with E-state index in [1.54, 1.807) is 12.1 Å². The summed E-state index contributed by atoms with van der Waals surface area (Å²) in [7, 11) is -3.63. The van der Waals surface area contributed by atoms with E-state index in [0.29, 0.717) is 3.33 Å². The molecule has 0 saturated carbocycles. The normalized spacial score (nSPS) is 18.8. The number of carbonyl (C=O) groups is 1. The molecule has 0 spiro atoms. The van der Waals surface area contributed by atoms with Gasteiger partial charge in [0.05, 0.1) is 21.7 Å². The third-order valence-corrected chi connectivity index (χ3v) is 4.73. The van der Waals surface area contributed by atoms with E-state index in [9.17, 15) is 13.2 Å². The lowest BCUT2D eigenvalue weighted by atomic mass is 10.2. The van der Waals surface area contributed by atoms with E-state index in [1.165, 1.54) is 12.1 Å². The standard InChI is InChI=1S/C7H4BrNO3S/c8-9-7(10)5-3-1-2-4-6(5)13(9,11)12/h1-4H. The summed E-state index contributed by atoms with van der Waals surface area (Å²) in [6.45, 7) is 0. The molecule has 0 aliphatic carbocycles. The van der Waals surface area contributed by atoms with Crippen molar-refractivity contribution in [1.82, 2.24) is 3.33 Å². The van der Waals surface area contributed by atoms with E-state index in [1.807, 2.05) is 0 Å². The number of sulfonamides is 1. The predicted octanol–water partition coefficient (Wildman–Crippen LogP) is 1.14. The summed E-state index contributed by atoms with van der Waals surface area (Å²) in [5.41, 5.74) is 0.208. The number of benzene rings is 1. The Labute approximate surface area is 83.6 Å². The lowest BCUT2D eigenvalue weighted by Gasteiger charge is -2.01. The molecule has 4 nitrogen and oxygen atoms in total. The first-order valence-corrected chi connectivity index (χ1v) is 5.54. The van der Waals surface area contributed by atoms with E-state index in [0.717, 1.165) is 0 Å². The number of fused-ring (bicyclic) bond motifs is 1. The highest BCUT2D eigenvalue weighted by atomic mass is 79.9. The van der Waals surface area contributed by atoms with Crippen LogP contribution in [0.2, 0.25) is 0 Å². The highest BCUT2D eigenvalue weighted by Crippen LogP contribution is 2.31. The summed E-state index contributed by atoms with van der Waals surface area (Å²) >= 11 is 2.70. The number of amides is 1. The second-order valence-electron chi connectivity index (χ2n) is 2.52. The van der Waals surface area contributed by atoms with Crippen LogP contribution in [-0.4, -0.2) is 17.7 Å². The molecule has 1 aromatic carbocycles. The fourth-order valence-corrected chi connectivity index (χ4v) is 2.99. The summed E-state index contributed by atoms with van der Waals surface area (Å²) in [5, 5.41) is 0. The summed E-state index contributed by atoms with van der Waals surface area (Å²) in [6, 6.07) is 6.09. The smallest absolute Gasteiger partial charge is 0.267 e. The Hall–Kier alpha value is -0.880. The van der Waals surface area contributed by atoms with Gasteiger partial charge in [-0.2, -0.15) is 3.33 Å². The Bertz CT molecular complexity index is 482. The third-order valence-electron chi connectivity index (χ3n) is 1.77. The molecule has 13 heavy (non-hydrogen) atoms. The Balaban J connectivity index is 2.83. The molecule has 68 valence electrons. The molecule has 0 saturated heterocycles. The number of carbonyl (C=O) groups excluding carboxylic acids is 1. The maximum absolute atomic E-state index is 11.5. The molecule has 0 bridgehead atoms. The lowest BCUT2D eigenvalue weighted by molar-refractivity contribution is 0.0938. The maximum Gasteiger partial charge on any atom is 0.279 e. The average molecular weight is 262 g/mol. The molecule has 0 aromatic heterocycles. The Morgan fingerprint density at radius 1 is 1.23 bits per heavy atom. The van der Waals surface area contributed by atoms with Gasteiger partial charge in [-0.25, -0.2) is 8.42 Å². The van der Waals surface area contributed by atoms with Gasteiger partial charge in [-0.3, -0.25) is 4.79 Å². The van der Waals surface area contributed by atoms with E-state index in [2.05, 4.69) is 16.1 Å². The number of hydrogen-bond acceptors (Lipinski definition) is 3. The Morgan fingerprint density at radius 2 is 1.85 bits per heavy atom. The van der Waals surface area contributed by atoms with Crippen molar-refractivity contribution in [3.8, 4) is 0 Å². The summed E-state index contributed by atoms with van der Waals surface area (Å²) < 4.78 is 23.5. The fraction of sp³-hybridized carbons (Fsp3) is 0. The van der Waals surface area contributed by atoms with Crippen LogP contribution >= 0.6 is 16.1 Å². The van der Waals surface area contributed by atoms with Crippen LogP contribution < -0.4 is 0 Å². The van der Waals surface area contributed by atoms with Crippen molar-refractivity contribution in [2.75, 3.05) is 0 Å².